The van der Waals surface area contributed by atoms with Gasteiger partial charge in [-0.3, -0.25) is 18.7 Å². The first-order valence-electron chi connectivity index (χ1n) is 16.1. The predicted octanol–water partition coefficient (Wildman–Crippen LogP) is 9.00. The molecule has 0 amide bonds. The van der Waals surface area contributed by atoms with Crippen molar-refractivity contribution in [1.82, 2.24) is 4.90 Å². The Kier molecular flexibility index (Phi) is 35.3. The molecule has 6 nitrogen and oxygen atoms in total. The first-order chi connectivity index (χ1) is 20.6. The normalized spacial score (nSPS) is 14.6. The van der Waals surface area contributed by atoms with Crippen molar-refractivity contribution in [2.75, 3.05) is 38.2 Å². The fourth-order valence-electron chi connectivity index (χ4n) is 3.52. The van der Waals surface area contributed by atoms with Crippen LogP contribution in [0.5, 0.6) is 0 Å². The minimum atomic E-state index is -0.588. The summed E-state index contributed by atoms with van der Waals surface area (Å²) in [4.78, 5) is 34.7. The van der Waals surface area contributed by atoms with Gasteiger partial charge in [-0.1, -0.05) is 84.4 Å². The second-order valence-electron chi connectivity index (χ2n) is 10.6. The number of hydrogen-bond acceptors (Lipinski definition) is 6. The Hall–Kier alpha value is -2.38. The molecule has 1 atom stereocenters. The number of carbonyl (C=O) groups excluding carboxylic acids is 3. The van der Waals surface area contributed by atoms with E-state index in [1.54, 1.807) is 27.9 Å². The van der Waals surface area contributed by atoms with E-state index in [1.807, 2.05) is 53.7 Å². The van der Waals surface area contributed by atoms with Crippen molar-refractivity contribution in [2.45, 2.75) is 116 Å². The van der Waals surface area contributed by atoms with Crippen molar-refractivity contribution in [2.24, 2.45) is 5.92 Å². The smallest absolute Gasteiger partial charge is 0.159 e. The largest absolute Gasteiger partial charge is 0.501 e. The molecule has 0 aromatic carbocycles. The number of rotatable bonds is 12. The highest BCUT2D eigenvalue weighted by molar-refractivity contribution is 7.85. The third-order valence-corrected chi connectivity index (χ3v) is 7.55. The minimum Gasteiger partial charge on any atom is -0.501 e. The molecule has 1 fully saturated rings. The van der Waals surface area contributed by atoms with Crippen LogP contribution >= 0.6 is 0 Å². The fraction of sp³-hybridized carbons (Fsp3) is 0.649. The molecule has 1 heterocycles. The lowest BCUT2D eigenvalue weighted by Gasteiger charge is -2.26. The molecule has 1 unspecified atom stereocenters. The van der Waals surface area contributed by atoms with E-state index >= 15 is 0 Å². The summed E-state index contributed by atoms with van der Waals surface area (Å²) in [5.41, 5.74) is 4.28. The van der Waals surface area contributed by atoms with E-state index in [2.05, 4.69) is 51.3 Å². The lowest BCUT2D eigenvalue weighted by molar-refractivity contribution is -0.121. The maximum Gasteiger partial charge on any atom is 0.159 e. The van der Waals surface area contributed by atoms with Gasteiger partial charge in [0.25, 0.3) is 0 Å². The second-order valence-corrected chi connectivity index (χ2v) is 12.3. The quantitative estimate of drug-likeness (QED) is 0.121. The molecule has 0 radical (unpaired) electrons. The Morgan fingerprint density at radius 3 is 1.77 bits per heavy atom. The fourth-order valence-corrected chi connectivity index (χ4v) is 4.64. The summed E-state index contributed by atoms with van der Waals surface area (Å²) in [6.07, 6.45) is 11.3. The first kappa shape index (κ1) is 48.5. The van der Waals surface area contributed by atoms with Gasteiger partial charge in [0.15, 0.2) is 5.78 Å². The number of hydrogen-bond donors (Lipinski definition) is 0. The molecule has 0 aliphatic carbocycles. The van der Waals surface area contributed by atoms with Gasteiger partial charge in [-0.25, -0.2) is 0 Å². The summed E-state index contributed by atoms with van der Waals surface area (Å²) in [6.45, 7) is 31.4. The zero-order valence-electron chi connectivity index (χ0n) is 30.9. The Morgan fingerprint density at radius 1 is 0.955 bits per heavy atom. The van der Waals surface area contributed by atoms with Gasteiger partial charge in [0.05, 0.1) is 12.9 Å². The highest BCUT2D eigenvalue weighted by atomic mass is 32.2. The van der Waals surface area contributed by atoms with Gasteiger partial charge in [0.2, 0.25) is 0 Å². The average molecular weight is 638 g/mol. The van der Waals surface area contributed by atoms with Crippen LogP contribution in [0.1, 0.15) is 116 Å². The van der Waals surface area contributed by atoms with Crippen LogP contribution < -0.4 is 0 Å². The maximum atomic E-state index is 11.2. The molecule has 0 aromatic heterocycles. The van der Waals surface area contributed by atoms with E-state index in [9.17, 15) is 18.6 Å². The standard InChI is InChI=1S/C13H21NOS.C11H18O2.C8H14O2.C3H8.C2H6/c1-4-13(6-5-12(2)3)11-14-7-9-16(15)10-8-14;1-6-10(8(3)12)11(7-2)9(4)13-5;1-6(8(3)10)4-5-7(2)9;1-3-2;1-2/h4-6H,1,7-11H2,2-3H3;6H,7H2,1-5H3;6H,4-5H2,1-3H3;3H2,1-2H3;1-2H3/b13-6+;10-6-,11-9+;;;. The number of nitrogens with zero attached hydrogens (tertiary/aromatic N) is 1. The van der Waals surface area contributed by atoms with E-state index in [1.165, 1.54) is 17.6 Å². The number of ether oxygens (including phenoxy) is 1. The van der Waals surface area contributed by atoms with Crippen LogP contribution in [0.3, 0.4) is 0 Å². The first-order valence-corrected chi connectivity index (χ1v) is 17.6. The molecule has 1 aliphatic heterocycles. The molecular formula is C37H67NO5S. The SMILES string of the molecule is C/C=C(C(C)=O)\C(CC)=C(/C)OC.C=C/C(=C\C=C(C)C)CN1CCS(=O)CC1.CC.CC(=O)CCC(C)C(C)=O.CCC. The summed E-state index contributed by atoms with van der Waals surface area (Å²) < 4.78 is 16.3. The number of methoxy groups -OCH3 is 1. The van der Waals surface area contributed by atoms with Gasteiger partial charge in [-0.05, 0) is 72.5 Å². The monoisotopic (exact) mass is 637 g/mol. The molecule has 0 bridgehead atoms. The average Bonchev–Trinajstić information content (AvgIpc) is 2.98. The van der Waals surface area contributed by atoms with Crippen LogP contribution in [0.4, 0.5) is 0 Å². The van der Waals surface area contributed by atoms with E-state index in [0.717, 1.165) is 54.5 Å². The molecule has 0 saturated carbocycles. The Bertz CT molecular complexity index is 958. The van der Waals surface area contributed by atoms with Gasteiger partial charge in [0, 0.05) is 59.9 Å². The van der Waals surface area contributed by atoms with Crippen LogP contribution in [-0.4, -0.2) is 64.7 Å². The zero-order valence-corrected chi connectivity index (χ0v) is 31.7. The molecular weight excluding hydrogens is 570 g/mol. The predicted molar refractivity (Wildman–Crippen MR) is 194 cm³/mol. The summed E-state index contributed by atoms with van der Waals surface area (Å²) in [6, 6.07) is 0. The Labute approximate surface area is 274 Å². The van der Waals surface area contributed by atoms with Crippen LogP contribution in [0.2, 0.25) is 0 Å². The van der Waals surface area contributed by atoms with Gasteiger partial charge in [0.1, 0.15) is 11.6 Å². The summed E-state index contributed by atoms with van der Waals surface area (Å²) in [7, 11) is 1.04. The Balaban J connectivity index is -0.000000259. The van der Waals surface area contributed by atoms with E-state index < -0.39 is 10.8 Å². The summed E-state index contributed by atoms with van der Waals surface area (Å²) in [5, 5.41) is 0. The molecule has 44 heavy (non-hydrogen) atoms. The van der Waals surface area contributed by atoms with E-state index in [0.29, 0.717) is 12.8 Å². The van der Waals surface area contributed by atoms with Gasteiger partial charge < -0.3 is 9.53 Å². The van der Waals surface area contributed by atoms with Crippen molar-refractivity contribution in [3.8, 4) is 0 Å². The van der Waals surface area contributed by atoms with E-state index in [4.69, 9.17) is 4.74 Å². The van der Waals surface area contributed by atoms with Crippen molar-refractivity contribution in [1.29, 1.82) is 0 Å². The molecule has 1 rings (SSSR count). The van der Waals surface area contributed by atoms with Crippen LogP contribution in [0.25, 0.3) is 0 Å². The number of ketones is 3. The van der Waals surface area contributed by atoms with Crippen molar-refractivity contribution in [3.63, 3.8) is 0 Å². The molecule has 256 valence electrons. The lowest BCUT2D eigenvalue weighted by Crippen LogP contribution is -2.38. The van der Waals surface area contributed by atoms with Gasteiger partial charge in [-0.2, -0.15) is 0 Å². The lowest BCUT2D eigenvalue weighted by atomic mass is 9.99. The third-order valence-electron chi connectivity index (χ3n) is 6.27. The van der Waals surface area contributed by atoms with Crippen LogP contribution in [-0.2, 0) is 29.9 Å². The van der Waals surface area contributed by atoms with Gasteiger partial charge in [-0.15, -0.1) is 0 Å². The summed E-state index contributed by atoms with van der Waals surface area (Å²) in [5.74, 6) is 2.92. The van der Waals surface area contributed by atoms with Crippen LogP contribution in [0, 0.1) is 5.92 Å². The minimum absolute atomic E-state index is 0.0453. The second kappa shape index (κ2) is 32.0. The summed E-state index contributed by atoms with van der Waals surface area (Å²) >= 11 is 0. The molecule has 1 aliphatic rings. The van der Waals surface area contributed by atoms with Crippen molar-refractivity contribution in [3.05, 3.63) is 58.9 Å². The topological polar surface area (TPSA) is 80.8 Å². The third kappa shape index (κ3) is 28.4. The Morgan fingerprint density at radius 2 is 1.45 bits per heavy atom. The zero-order chi connectivity index (χ0) is 35.3. The molecule has 1 saturated heterocycles. The highest BCUT2D eigenvalue weighted by Crippen LogP contribution is 2.19. The van der Waals surface area contributed by atoms with E-state index in [-0.39, 0.29) is 23.3 Å². The number of Topliss-reactive ketones (excluding diaryl/α,β-unsaturated/α-hetero) is 3. The van der Waals surface area contributed by atoms with Crippen LogP contribution in [0.15, 0.2) is 58.9 Å². The molecule has 7 heteroatoms. The molecule has 0 spiro atoms. The molecule has 0 aromatic rings. The number of carbonyl (C=O) groups is 3. The van der Waals surface area contributed by atoms with Gasteiger partial charge >= 0.3 is 0 Å². The molecule has 0 N–H and O–H groups in total. The maximum absolute atomic E-state index is 11.2. The number of allylic oxidation sites excluding steroid dienone is 7. The van der Waals surface area contributed by atoms with Crippen molar-refractivity contribution >= 4 is 28.1 Å². The highest BCUT2D eigenvalue weighted by Gasteiger charge is 2.15. The van der Waals surface area contributed by atoms with Crippen molar-refractivity contribution < 1.29 is 23.3 Å².